The van der Waals surface area contributed by atoms with Gasteiger partial charge in [0.25, 0.3) is 5.56 Å². The third-order valence-electron chi connectivity index (χ3n) is 4.53. The quantitative estimate of drug-likeness (QED) is 0.568. The van der Waals surface area contributed by atoms with Gasteiger partial charge in [0, 0.05) is 10.6 Å². The van der Waals surface area contributed by atoms with Gasteiger partial charge in [0.15, 0.2) is 0 Å². The Kier molecular flexibility index (Phi) is 4.79. The van der Waals surface area contributed by atoms with Crippen LogP contribution in [-0.4, -0.2) is 15.5 Å². The maximum Gasteiger partial charge on any atom is 0.266 e. The molecule has 0 aliphatic heterocycles. The molecule has 2 aromatic carbocycles. The summed E-state index contributed by atoms with van der Waals surface area (Å²) >= 11 is 1.54. The lowest BCUT2D eigenvalue weighted by molar-refractivity contribution is -0.115. The summed E-state index contributed by atoms with van der Waals surface area (Å²) in [5.74, 6) is 0.511. The monoisotopic (exact) mass is 389 g/mol. The summed E-state index contributed by atoms with van der Waals surface area (Å²) in [5.41, 5.74) is 2.95. The molecule has 0 aliphatic rings. The summed E-state index contributed by atoms with van der Waals surface area (Å²) in [4.78, 5) is 31.0. The van der Waals surface area contributed by atoms with Crippen molar-refractivity contribution in [1.82, 2.24) is 9.55 Å². The van der Waals surface area contributed by atoms with E-state index in [9.17, 15) is 9.59 Å². The van der Waals surface area contributed by atoms with Crippen LogP contribution in [0.2, 0.25) is 0 Å². The molecule has 0 radical (unpaired) electrons. The molecule has 0 bridgehead atoms. The van der Waals surface area contributed by atoms with E-state index in [0.29, 0.717) is 28.8 Å². The predicted octanol–water partition coefficient (Wildman–Crippen LogP) is 4.25. The number of carbonyl (C=O) groups excluding carboxylic acids is 1. The lowest BCUT2D eigenvalue weighted by atomic mass is 10.2. The molecule has 2 heterocycles. The molecule has 0 saturated heterocycles. The third-order valence-corrected chi connectivity index (χ3v) is 5.40. The molecule has 5 nitrogen and oxygen atoms in total. The Morgan fingerprint density at radius 2 is 1.89 bits per heavy atom. The van der Waals surface area contributed by atoms with Gasteiger partial charge in [-0.25, -0.2) is 4.98 Å². The number of hydrogen-bond donors (Lipinski definition) is 1. The number of nitrogens with zero attached hydrogens (tertiary/aromatic N) is 2. The molecule has 1 amide bonds. The van der Waals surface area contributed by atoms with Crippen LogP contribution in [0.5, 0.6) is 0 Å². The number of hydrogen-bond acceptors (Lipinski definition) is 4. The van der Waals surface area contributed by atoms with Gasteiger partial charge in [-0.3, -0.25) is 14.2 Å². The minimum atomic E-state index is -0.152. The smallest absolute Gasteiger partial charge is 0.266 e. The van der Waals surface area contributed by atoms with Crippen molar-refractivity contribution in [2.24, 2.45) is 0 Å². The Morgan fingerprint density at radius 3 is 2.61 bits per heavy atom. The highest BCUT2D eigenvalue weighted by molar-refractivity contribution is 7.10. The molecule has 6 heteroatoms. The van der Waals surface area contributed by atoms with Crippen LogP contribution in [0.25, 0.3) is 16.6 Å². The fourth-order valence-electron chi connectivity index (χ4n) is 3.15. The van der Waals surface area contributed by atoms with Crippen molar-refractivity contribution in [2.45, 2.75) is 20.3 Å². The Hall–Kier alpha value is -3.25. The summed E-state index contributed by atoms with van der Waals surface area (Å²) in [6.07, 6.45) is 0.315. The van der Waals surface area contributed by atoms with Crippen molar-refractivity contribution in [1.29, 1.82) is 0 Å². The van der Waals surface area contributed by atoms with E-state index in [1.54, 1.807) is 34.1 Å². The molecule has 0 atom stereocenters. The van der Waals surface area contributed by atoms with E-state index >= 15 is 0 Å². The SMILES string of the molecule is Cc1ccc(-n2c(C)nc3ccc(NC(=O)Cc4cccs4)cc3c2=O)cc1. The molecule has 140 valence electrons. The minimum Gasteiger partial charge on any atom is -0.326 e. The zero-order valence-electron chi connectivity index (χ0n) is 15.6. The number of thiophene rings is 1. The third kappa shape index (κ3) is 3.59. The van der Waals surface area contributed by atoms with E-state index in [-0.39, 0.29) is 11.5 Å². The maximum absolute atomic E-state index is 13.1. The number of aromatic nitrogens is 2. The van der Waals surface area contributed by atoms with Crippen molar-refractivity contribution in [3.63, 3.8) is 0 Å². The lowest BCUT2D eigenvalue weighted by Crippen LogP contribution is -2.22. The van der Waals surface area contributed by atoms with Crippen LogP contribution in [0.4, 0.5) is 5.69 Å². The highest BCUT2D eigenvalue weighted by atomic mass is 32.1. The highest BCUT2D eigenvalue weighted by Crippen LogP contribution is 2.18. The van der Waals surface area contributed by atoms with E-state index < -0.39 is 0 Å². The molecule has 0 spiro atoms. The average Bonchev–Trinajstić information content (AvgIpc) is 3.17. The fourth-order valence-corrected chi connectivity index (χ4v) is 3.85. The standard InChI is InChI=1S/C22H19N3O2S/c1-14-5-8-17(9-6-14)25-15(2)23-20-10-7-16(12-19(20)22(25)27)24-21(26)13-18-4-3-11-28-18/h3-12H,13H2,1-2H3,(H,24,26). The molecule has 1 N–H and O–H groups in total. The number of carbonyl (C=O) groups is 1. The zero-order valence-corrected chi connectivity index (χ0v) is 16.4. The summed E-state index contributed by atoms with van der Waals surface area (Å²) in [6, 6.07) is 16.8. The summed E-state index contributed by atoms with van der Waals surface area (Å²) in [6.45, 7) is 3.82. The number of aryl methyl sites for hydroxylation is 2. The minimum absolute atomic E-state index is 0.110. The summed E-state index contributed by atoms with van der Waals surface area (Å²) < 4.78 is 1.60. The molecule has 0 unspecified atom stereocenters. The average molecular weight is 389 g/mol. The second-order valence-electron chi connectivity index (χ2n) is 6.67. The van der Waals surface area contributed by atoms with Crippen LogP contribution >= 0.6 is 11.3 Å². The van der Waals surface area contributed by atoms with E-state index in [1.165, 1.54) is 0 Å². The van der Waals surface area contributed by atoms with Crippen molar-refractivity contribution < 1.29 is 4.79 Å². The van der Waals surface area contributed by atoms with Gasteiger partial charge in [0.05, 0.1) is 23.0 Å². The topological polar surface area (TPSA) is 64.0 Å². The first-order chi connectivity index (χ1) is 13.5. The first-order valence-corrected chi connectivity index (χ1v) is 9.82. The number of benzene rings is 2. The second kappa shape index (κ2) is 7.40. The molecule has 0 fully saturated rings. The molecule has 28 heavy (non-hydrogen) atoms. The van der Waals surface area contributed by atoms with Crippen LogP contribution in [0, 0.1) is 13.8 Å². The van der Waals surface area contributed by atoms with Crippen molar-refractivity contribution in [3.05, 3.63) is 86.6 Å². The molecule has 4 aromatic rings. The van der Waals surface area contributed by atoms with Gasteiger partial charge in [0.1, 0.15) is 5.82 Å². The molecular weight excluding hydrogens is 370 g/mol. The number of amides is 1. The Morgan fingerprint density at radius 1 is 1.11 bits per heavy atom. The number of fused-ring (bicyclic) bond motifs is 1. The summed E-state index contributed by atoms with van der Waals surface area (Å²) in [7, 11) is 0. The number of rotatable bonds is 4. The largest absolute Gasteiger partial charge is 0.326 e. The van der Waals surface area contributed by atoms with E-state index in [0.717, 1.165) is 16.1 Å². The Labute approximate surface area is 166 Å². The van der Waals surface area contributed by atoms with Gasteiger partial charge >= 0.3 is 0 Å². The number of nitrogens with one attached hydrogen (secondary N) is 1. The van der Waals surface area contributed by atoms with Crippen LogP contribution in [0.3, 0.4) is 0 Å². The fraction of sp³-hybridized carbons (Fsp3) is 0.136. The molecular formula is C22H19N3O2S. The molecule has 4 rings (SSSR count). The second-order valence-corrected chi connectivity index (χ2v) is 7.70. The van der Waals surface area contributed by atoms with Crippen LogP contribution in [0.1, 0.15) is 16.3 Å². The number of anilines is 1. The van der Waals surface area contributed by atoms with Gasteiger partial charge in [0.2, 0.25) is 5.91 Å². The van der Waals surface area contributed by atoms with E-state index in [4.69, 9.17) is 0 Å². The first-order valence-electron chi connectivity index (χ1n) is 8.94. The van der Waals surface area contributed by atoms with E-state index in [1.807, 2.05) is 55.6 Å². The summed E-state index contributed by atoms with van der Waals surface area (Å²) in [5, 5.41) is 5.29. The Bertz CT molecular complexity index is 1210. The first kappa shape index (κ1) is 18.1. The highest BCUT2D eigenvalue weighted by Gasteiger charge is 2.12. The van der Waals surface area contributed by atoms with Crippen molar-refractivity contribution in [3.8, 4) is 5.69 Å². The normalized spacial score (nSPS) is 10.9. The van der Waals surface area contributed by atoms with Crippen LogP contribution in [0.15, 0.2) is 64.8 Å². The van der Waals surface area contributed by atoms with Gasteiger partial charge in [-0.1, -0.05) is 23.8 Å². The zero-order chi connectivity index (χ0) is 19.7. The van der Waals surface area contributed by atoms with Gasteiger partial charge in [-0.15, -0.1) is 11.3 Å². The maximum atomic E-state index is 13.1. The van der Waals surface area contributed by atoms with Gasteiger partial charge in [-0.2, -0.15) is 0 Å². The van der Waals surface area contributed by atoms with Crippen molar-refractivity contribution >= 4 is 33.8 Å². The molecule has 2 aromatic heterocycles. The molecule has 0 saturated carbocycles. The van der Waals surface area contributed by atoms with Crippen molar-refractivity contribution in [2.75, 3.05) is 5.32 Å². The van der Waals surface area contributed by atoms with Crippen LogP contribution < -0.4 is 10.9 Å². The van der Waals surface area contributed by atoms with Gasteiger partial charge < -0.3 is 5.32 Å². The lowest BCUT2D eigenvalue weighted by Gasteiger charge is -2.12. The Balaban J connectivity index is 1.71. The molecule has 0 aliphatic carbocycles. The van der Waals surface area contributed by atoms with E-state index in [2.05, 4.69) is 10.3 Å². The van der Waals surface area contributed by atoms with Gasteiger partial charge in [-0.05, 0) is 55.6 Å². The predicted molar refractivity (Wildman–Crippen MR) is 113 cm³/mol. The van der Waals surface area contributed by atoms with Crippen LogP contribution in [-0.2, 0) is 11.2 Å².